The molecule has 1 aromatic carbocycles. The van der Waals surface area contributed by atoms with Crippen LogP contribution in [0.25, 0.3) is 0 Å². The Balaban J connectivity index is 1.86. The Morgan fingerprint density at radius 2 is 2.27 bits per heavy atom. The maximum Gasteiger partial charge on any atom is 0.315 e. The van der Waals surface area contributed by atoms with Crippen LogP contribution in [-0.2, 0) is 19.9 Å². The molecule has 138 valence electrons. The molecule has 4 atom stereocenters. The van der Waals surface area contributed by atoms with Gasteiger partial charge in [0.1, 0.15) is 12.0 Å². The third-order valence-corrected chi connectivity index (χ3v) is 6.18. The number of ether oxygens (including phenoxy) is 1. The summed E-state index contributed by atoms with van der Waals surface area (Å²) in [6, 6.07) is 3.01. The number of esters is 1. The number of nitrogens with one attached hydrogen (secondary N) is 2. The maximum atomic E-state index is 13.1. The molecule has 0 aliphatic carbocycles. The highest BCUT2D eigenvalue weighted by molar-refractivity contribution is 6.06. The minimum absolute atomic E-state index is 0.0188. The number of quaternary nitrogens is 1. The first kappa shape index (κ1) is 17.0. The van der Waals surface area contributed by atoms with Gasteiger partial charge in [0.25, 0.3) is 11.6 Å². The van der Waals surface area contributed by atoms with Crippen LogP contribution in [0.4, 0.5) is 11.4 Å². The maximum absolute atomic E-state index is 13.1. The molecule has 2 fully saturated rings. The number of carbonyl (C=O) groups excluding carboxylic acids is 2. The molecule has 8 nitrogen and oxygen atoms in total. The number of nitrogens with zero attached hydrogens (tertiary/aromatic N) is 1. The molecule has 1 spiro atoms. The summed E-state index contributed by atoms with van der Waals surface area (Å²) in [5, 5.41) is 14.3. The Kier molecular flexibility index (Phi) is 3.76. The zero-order valence-corrected chi connectivity index (χ0v) is 14.8. The van der Waals surface area contributed by atoms with E-state index in [4.69, 9.17) is 4.74 Å². The topological polar surface area (TPSA) is 103 Å². The van der Waals surface area contributed by atoms with Crippen molar-refractivity contribution in [3.8, 4) is 0 Å². The molecule has 0 radical (unpaired) electrons. The third-order valence-electron chi connectivity index (χ3n) is 6.18. The first-order valence-corrected chi connectivity index (χ1v) is 9.04. The normalized spacial score (nSPS) is 31.6. The van der Waals surface area contributed by atoms with Gasteiger partial charge in [-0.2, -0.15) is 0 Å². The van der Waals surface area contributed by atoms with Crippen LogP contribution in [0, 0.1) is 23.0 Å². The number of carbonyl (C=O) groups is 2. The van der Waals surface area contributed by atoms with Crippen LogP contribution in [-0.4, -0.2) is 36.0 Å². The Hall–Kier alpha value is -2.48. The summed E-state index contributed by atoms with van der Waals surface area (Å²) in [7, 11) is 0. The lowest BCUT2D eigenvalue weighted by Gasteiger charge is -2.29. The predicted molar refractivity (Wildman–Crippen MR) is 91.7 cm³/mol. The van der Waals surface area contributed by atoms with Crippen LogP contribution in [0.2, 0.25) is 0 Å². The van der Waals surface area contributed by atoms with Gasteiger partial charge in [-0.3, -0.25) is 19.7 Å². The molecule has 26 heavy (non-hydrogen) atoms. The van der Waals surface area contributed by atoms with Crippen molar-refractivity contribution in [3.05, 3.63) is 33.4 Å². The van der Waals surface area contributed by atoms with Crippen molar-refractivity contribution in [2.45, 2.75) is 44.7 Å². The zero-order valence-electron chi connectivity index (χ0n) is 14.8. The standard InChI is InChI=1S/C18H21N3O5/c1-3-26-16(22)12-9-18(20-6-4-5-14(12)20)13-8-11(21(24)25)7-10(2)15(13)19-17(18)23/h7-8,12,14H,3-6,9H2,1-2H3,(H,19,23)/p+1/t12-,14+,18-/m1/s1. The molecule has 1 unspecified atom stereocenters. The summed E-state index contributed by atoms with van der Waals surface area (Å²) in [6.45, 7) is 4.61. The number of benzene rings is 1. The van der Waals surface area contributed by atoms with Crippen molar-refractivity contribution >= 4 is 23.3 Å². The molecule has 0 aromatic heterocycles. The Morgan fingerprint density at radius 1 is 1.50 bits per heavy atom. The van der Waals surface area contributed by atoms with Crippen molar-refractivity contribution < 1.29 is 24.1 Å². The van der Waals surface area contributed by atoms with E-state index in [-0.39, 0.29) is 29.5 Å². The molecule has 2 saturated heterocycles. The van der Waals surface area contributed by atoms with Gasteiger partial charge in [0.15, 0.2) is 0 Å². The van der Waals surface area contributed by atoms with Gasteiger partial charge < -0.3 is 15.0 Å². The number of anilines is 1. The predicted octanol–water partition coefficient (Wildman–Crippen LogP) is 0.681. The highest BCUT2D eigenvalue weighted by Crippen LogP contribution is 2.46. The second-order valence-electron chi connectivity index (χ2n) is 7.39. The number of aryl methyl sites for hydroxylation is 1. The van der Waals surface area contributed by atoms with Gasteiger partial charge in [-0.25, -0.2) is 0 Å². The van der Waals surface area contributed by atoms with Crippen LogP contribution in [0.3, 0.4) is 0 Å². The number of nitro groups is 1. The van der Waals surface area contributed by atoms with E-state index in [2.05, 4.69) is 5.32 Å². The number of amides is 1. The van der Waals surface area contributed by atoms with Gasteiger partial charge >= 0.3 is 5.97 Å². The lowest BCUT2D eigenvalue weighted by Crippen LogP contribution is -3.19. The Morgan fingerprint density at radius 3 is 2.96 bits per heavy atom. The van der Waals surface area contributed by atoms with Crippen molar-refractivity contribution in [1.29, 1.82) is 0 Å². The number of fused-ring (bicyclic) bond motifs is 4. The molecule has 3 aliphatic heterocycles. The SMILES string of the molecule is CCOC(=O)[C@@H]1C[C@@]2(C(=O)Nc3c(C)cc([N+](=O)[O-])cc32)[NH+]2CCC[C@@H]12. The molecular weight excluding hydrogens is 338 g/mol. The lowest BCUT2D eigenvalue weighted by molar-refractivity contribution is -0.947. The van der Waals surface area contributed by atoms with Gasteiger partial charge in [0, 0.05) is 31.4 Å². The van der Waals surface area contributed by atoms with Crippen LogP contribution < -0.4 is 10.2 Å². The number of nitro benzene ring substituents is 1. The molecule has 2 N–H and O–H groups in total. The van der Waals surface area contributed by atoms with E-state index < -0.39 is 10.5 Å². The number of non-ortho nitro benzene ring substituents is 1. The number of rotatable bonds is 3. The summed E-state index contributed by atoms with van der Waals surface area (Å²) in [5.41, 5.74) is 1.03. The first-order chi connectivity index (χ1) is 12.4. The Bertz CT molecular complexity index is 823. The fourth-order valence-corrected chi connectivity index (χ4v) is 5.19. The minimum atomic E-state index is -0.940. The number of hydrogen-bond donors (Lipinski definition) is 2. The van der Waals surface area contributed by atoms with E-state index in [0.29, 0.717) is 29.8 Å². The summed E-state index contributed by atoms with van der Waals surface area (Å²) >= 11 is 0. The summed E-state index contributed by atoms with van der Waals surface area (Å²) in [4.78, 5) is 37.6. The monoisotopic (exact) mass is 360 g/mol. The quantitative estimate of drug-likeness (QED) is 0.469. The van der Waals surface area contributed by atoms with Gasteiger partial charge in [-0.05, 0) is 19.4 Å². The second-order valence-corrected chi connectivity index (χ2v) is 7.39. The summed E-state index contributed by atoms with van der Waals surface area (Å²) < 4.78 is 5.25. The van der Waals surface area contributed by atoms with Crippen molar-refractivity contribution in [3.63, 3.8) is 0 Å². The van der Waals surface area contributed by atoms with Crippen molar-refractivity contribution in [2.75, 3.05) is 18.5 Å². The van der Waals surface area contributed by atoms with Crippen LogP contribution in [0.1, 0.15) is 37.3 Å². The van der Waals surface area contributed by atoms with E-state index in [0.717, 1.165) is 24.3 Å². The molecular formula is C18H22N3O5+. The van der Waals surface area contributed by atoms with E-state index in [1.807, 2.05) is 0 Å². The largest absolute Gasteiger partial charge is 0.466 e. The van der Waals surface area contributed by atoms with Crippen molar-refractivity contribution in [1.82, 2.24) is 0 Å². The number of hydrogen-bond acceptors (Lipinski definition) is 5. The van der Waals surface area contributed by atoms with Crippen LogP contribution in [0.15, 0.2) is 12.1 Å². The molecule has 3 aliphatic rings. The highest BCUT2D eigenvalue weighted by atomic mass is 16.6. The fraction of sp³-hybridized carbons (Fsp3) is 0.556. The fourth-order valence-electron chi connectivity index (χ4n) is 5.19. The first-order valence-electron chi connectivity index (χ1n) is 9.04. The third kappa shape index (κ3) is 2.11. The van der Waals surface area contributed by atoms with Gasteiger partial charge in [0.05, 0.1) is 29.3 Å². The molecule has 0 bridgehead atoms. The Labute approximate surface area is 150 Å². The molecule has 1 aromatic rings. The zero-order chi connectivity index (χ0) is 18.6. The van der Waals surface area contributed by atoms with E-state index in [1.54, 1.807) is 13.8 Å². The van der Waals surface area contributed by atoms with Crippen molar-refractivity contribution in [2.24, 2.45) is 5.92 Å². The molecule has 3 heterocycles. The van der Waals surface area contributed by atoms with E-state index in [9.17, 15) is 19.7 Å². The average molecular weight is 360 g/mol. The summed E-state index contributed by atoms with van der Waals surface area (Å²) in [5.74, 6) is -0.786. The molecule has 4 rings (SSSR count). The lowest BCUT2D eigenvalue weighted by atomic mass is 9.83. The average Bonchev–Trinajstić information content (AvgIpc) is 3.24. The van der Waals surface area contributed by atoms with Crippen LogP contribution >= 0.6 is 0 Å². The minimum Gasteiger partial charge on any atom is -0.466 e. The second kappa shape index (κ2) is 5.77. The van der Waals surface area contributed by atoms with Crippen LogP contribution in [0.5, 0.6) is 0 Å². The highest BCUT2D eigenvalue weighted by Gasteiger charge is 2.67. The molecule has 1 amide bonds. The van der Waals surface area contributed by atoms with Gasteiger partial charge in [-0.15, -0.1) is 0 Å². The van der Waals surface area contributed by atoms with Gasteiger partial charge in [-0.1, -0.05) is 0 Å². The van der Waals surface area contributed by atoms with Gasteiger partial charge in [0.2, 0.25) is 5.54 Å². The smallest absolute Gasteiger partial charge is 0.315 e. The summed E-state index contributed by atoms with van der Waals surface area (Å²) in [6.07, 6.45) is 2.12. The van der Waals surface area contributed by atoms with E-state index in [1.165, 1.54) is 12.1 Å². The molecule has 8 heteroatoms. The molecule has 0 saturated carbocycles. The van der Waals surface area contributed by atoms with E-state index >= 15 is 0 Å².